The molecule has 0 fully saturated rings. The predicted octanol–water partition coefficient (Wildman–Crippen LogP) is 1.77. The van der Waals surface area contributed by atoms with Crippen molar-refractivity contribution in [1.29, 1.82) is 0 Å². The molecule has 1 amide bonds. The second kappa shape index (κ2) is 8.32. The van der Waals surface area contributed by atoms with Gasteiger partial charge in [-0.05, 0) is 42.0 Å². The lowest BCUT2D eigenvalue weighted by Gasteiger charge is -2.06. The van der Waals surface area contributed by atoms with Gasteiger partial charge in [-0.15, -0.1) is 0 Å². The molecular weight excluding hydrogens is 394 g/mol. The minimum absolute atomic E-state index is 0.00387. The van der Waals surface area contributed by atoms with Crippen molar-refractivity contribution in [2.45, 2.75) is 19.7 Å². The highest BCUT2D eigenvalue weighted by Gasteiger charge is 2.16. The number of amides is 1. The zero-order chi connectivity index (χ0) is 20.3. The van der Waals surface area contributed by atoms with Crippen molar-refractivity contribution in [3.05, 3.63) is 81.0 Å². The molecule has 0 radical (unpaired) electrons. The van der Waals surface area contributed by atoms with Crippen LogP contribution < -0.4 is 11.0 Å². The first-order valence-electron chi connectivity index (χ1n) is 8.15. The number of hydrogen-bond acceptors (Lipinski definition) is 4. The second-order valence-corrected chi connectivity index (χ2v) is 6.26. The molecule has 0 aliphatic carbocycles. The molecule has 3 rings (SSSR count). The summed E-state index contributed by atoms with van der Waals surface area (Å²) in [4.78, 5) is 24.7. The van der Waals surface area contributed by atoms with Gasteiger partial charge < -0.3 is 10.4 Å². The summed E-state index contributed by atoms with van der Waals surface area (Å²) in [6, 6.07) is 9.18. The fourth-order valence-corrected chi connectivity index (χ4v) is 2.67. The van der Waals surface area contributed by atoms with E-state index in [1.165, 1.54) is 24.3 Å². The maximum absolute atomic E-state index is 13.4. The Morgan fingerprint density at radius 3 is 2.54 bits per heavy atom. The molecule has 1 heterocycles. The molecule has 0 spiro atoms. The van der Waals surface area contributed by atoms with Crippen molar-refractivity contribution in [1.82, 2.24) is 19.7 Å². The summed E-state index contributed by atoms with van der Waals surface area (Å²) in [5, 5.41) is 15.9. The number of hydrogen-bond donors (Lipinski definition) is 2. The molecule has 146 valence electrons. The van der Waals surface area contributed by atoms with Crippen molar-refractivity contribution >= 4 is 17.5 Å². The highest BCUT2D eigenvalue weighted by atomic mass is 35.5. The summed E-state index contributed by atoms with van der Waals surface area (Å²) in [5.74, 6) is -1.61. The molecule has 0 aliphatic heterocycles. The number of aliphatic hydroxyl groups excluding tert-OH is 1. The number of aliphatic hydroxyl groups is 1. The van der Waals surface area contributed by atoms with E-state index in [0.717, 1.165) is 21.4 Å². The lowest BCUT2D eigenvalue weighted by Crippen LogP contribution is -2.33. The molecule has 7 nitrogen and oxygen atoms in total. The van der Waals surface area contributed by atoms with Crippen molar-refractivity contribution < 1.29 is 18.7 Å². The second-order valence-electron chi connectivity index (χ2n) is 5.85. The molecule has 2 aromatic carbocycles. The molecule has 2 N–H and O–H groups in total. The van der Waals surface area contributed by atoms with E-state index in [1.807, 2.05) is 0 Å². The Morgan fingerprint density at radius 2 is 1.89 bits per heavy atom. The minimum Gasteiger partial charge on any atom is -0.388 e. The molecule has 3 aromatic rings. The van der Waals surface area contributed by atoms with E-state index in [-0.39, 0.29) is 17.4 Å². The molecule has 10 heteroatoms. The van der Waals surface area contributed by atoms with Crippen molar-refractivity contribution in [3.63, 3.8) is 0 Å². The number of nitrogens with zero attached hydrogens (tertiary/aromatic N) is 3. The topological polar surface area (TPSA) is 89.2 Å². The van der Waals surface area contributed by atoms with E-state index in [2.05, 4.69) is 10.4 Å². The number of nitrogens with one attached hydrogen (secondary N) is 1. The number of carbonyl (C=O) groups excluding carboxylic acids is 1. The van der Waals surface area contributed by atoms with Gasteiger partial charge in [-0.25, -0.2) is 22.8 Å². The summed E-state index contributed by atoms with van der Waals surface area (Å²) in [7, 11) is 0. The minimum atomic E-state index is -0.664. The van der Waals surface area contributed by atoms with E-state index in [0.29, 0.717) is 11.3 Å². The normalized spacial score (nSPS) is 10.9. The van der Waals surface area contributed by atoms with Crippen LogP contribution in [0.25, 0.3) is 5.69 Å². The summed E-state index contributed by atoms with van der Waals surface area (Å²) < 4.78 is 28.5. The van der Waals surface area contributed by atoms with Crippen LogP contribution in [0.15, 0.2) is 47.3 Å². The molecule has 28 heavy (non-hydrogen) atoms. The van der Waals surface area contributed by atoms with Gasteiger partial charge in [0.2, 0.25) is 5.91 Å². The van der Waals surface area contributed by atoms with Crippen molar-refractivity contribution in [2.24, 2.45) is 0 Å². The number of carbonyl (C=O) groups is 1. The predicted molar refractivity (Wildman–Crippen MR) is 97.0 cm³/mol. The first-order valence-corrected chi connectivity index (χ1v) is 8.53. The third-order valence-corrected chi connectivity index (χ3v) is 4.21. The van der Waals surface area contributed by atoms with Crippen molar-refractivity contribution in [2.75, 3.05) is 0 Å². The van der Waals surface area contributed by atoms with Crippen LogP contribution in [0.5, 0.6) is 0 Å². The molecule has 0 saturated heterocycles. The van der Waals surface area contributed by atoms with Gasteiger partial charge in [0.25, 0.3) is 0 Å². The first-order chi connectivity index (χ1) is 13.4. The first kappa shape index (κ1) is 19.7. The maximum Gasteiger partial charge on any atom is 0.351 e. The Bertz CT molecular complexity index is 1060. The van der Waals surface area contributed by atoms with Crippen LogP contribution in [0.2, 0.25) is 5.02 Å². The fraction of sp³-hybridized carbons (Fsp3) is 0.167. The quantitative estimate of drug-likeness (QED) is 0.650. The Morgan fingerprint density at radius 1 is 1.18 bits per heavy atom. The summed E-state index contributed by atoms with van der Waals surface area (Å²) >= 11 is 5.61. The third-order valence-electron chi connectivity index (χ3n) is 3.90. The highest BCUT2D eigenvalue weighted by Crippen LogP contribution is 2.15. The van der Waals surface area contributed by atoms with Crippen LogP contribution in [0.1, 0.15) is 11.4 Å². The molecule has 0 bridgehead atoms. The van der Waals surface area contributed by atoms with Crippen LogP contribution >= 0.6 is 11.6 Å². The van der Waals surface area contributed by atoms with Gasteiger partial charge in [0, 0.05) is 6.54 Å². The number of aromatic nitrogens is 3. The van der Waals surface area contributed by atoms with Gasteiger partial charge in [-0.3, -0.25) is 4.79 Å². The summed E-state index contributed by atoms with van der Waals surface area (Å²) in [6.07, 6.45) is 0. The molecule has 0 atom stereocenters. The largest absolute Gasteiger partial charge is 0.388 e. The standard InChI is InChI=1S/C18H15ClF2N4O3/c19-14-6-1-11(7-15(14)21)8-22-17(27)9-24-18(28)25(16(10-26)23-24)13-4-2-12(20)3-5-13/h1-7,26H,8-10H2,(H,22,27). The lowest BCUT2D eigenvalue weighted by atomic mass is 10.2. The Kier molecular flexibility index (Phi) is 5.86. The molecule has 0 aliphatic rings. The van der Waals surface area contributed by atoms with Gasteiger partial charge in [0.1, 0.15) is 24.8 Å². The summed E-state index contributed by atoms with van der Waals surface area (Å²) in [6.45, 7) is -0.922. The zero-order valence-corrected chi connectivity index (χ0v) is 15.2. The number of rotatable bonds is 6. The number of benzene rings is 2. The van der Waals surface area contributed by atoms with Crippen LogP contribution in [-0.2, 0) is 24.5 Å². The van der Waals surface area contributed by atoms with Crippen LogP contribution in [0, 0.1) is 11.6 Å². The van der Waals surface area contributed by atoms with Gasteiger partial charge >= 0.3 is 5.69 Å². The SMILES string of the molecule is O=C(Cn1nc(CO)n(-c2ccc(F)cc2)c1=O)NCc1ccc(Cl)c(F)c1. The van der Waals surface area contributed by atoms with E-state index in [1.54, 1.807) is 6.07 Å². The maximum atomic E-state index is 13.4. The average molecular weight is 409 g/mol. The Balaban J connectivity index is 1.75. The fourth-order valence-electron chi connectivity index (χ4n) is 2.55. The zero-order valence-electron chi connectivity index (χ0n) is 14.4. The average Bonchev–Trinajstić information content (AvgIpc) is 2.99. The Labute approximate surface area is 162 Å². The molecule has 1 aromatic heterocycles. The summed E-state index contributed by atoms with van der Waals surface area (Å²) in [5.41, 5.74) is 0.137. The highest BCUT2D eigenvalue weighted by molar-refractivity contribution is 6.30. The van der Waals surface area contributed by atoms with Crippen molar-refractivity contribution in [3.8, 4) is 5.69 Å². The lowest BCUT2D eigenvalue weighted by molar-refractivity contribution is -0.122. The van der Waals surface area contributed by atoms with Crippen LogP contribution in [-0.4, -0.2) is 25.4 Å². The van der Waals surface area contributed by atoms with Gasteiger partial charge in [-0.1, -0.05) is 17.7 Å². The smallest absolute Gasteiger partial charge is 0.351 e. The van der Waals surface area contributed by atoms with Gasteiger partial charge in [-0.2, -0.15) is 5.10 Å². The van der Waals surface area contributed by atoms with Crippen LogP contribution in [0.3, 0.4) is 0 Å². The molecular formula is C18H15ClF2N4O3. The van der Waals surface area contributed by atoms with E-state index < -0.39 is 36.4 Å². The monoisotopic (exact) mass is 408 g/mol. The molecule has 0 unspecified atom stereocenters. The third kappa shape index (κ3) is 4.26. The van der Waals surface area contributed by atoms with Gasteiger partial charge in [0.05, 0.1) is 10.7 Å². The number of halogens is 3. The van der Waals surface area contributed by atoms with Crippen LogP contribution in [0.4, 0.5) is 8.78 Å². The van der Waals surface area contributed by atoms with E-state index in [9.17, 15) is 23.5 Å². The molecule has 0 saturated carbocycles. The Hall–Kier alpha value is -3.04. The van der Waals surface area contributed by atoms with E-state index in [4.69, 9.17) is 11.6 Å². The van der Waals surface area contributed by atoms with E-state index >= 15 is 0 Å². The van der Waals surface area contributed by atoms with Gasteiger partial charge in [0.15, 0.2) is 5.82 Å².